The Kier molecular flexibility index (Phi) is 3.53. The molecule has 0 spiro atoms. The first kappa shape index (κ1) is 12.8. The van der Waals surface area contributed by atoms with E-state index >= 15 is 0 Å². The number of rotatable bonds is 4. The topological polar surface area (TPSA) is 63.9 Å². The molecule has 2 aromatic rings. The highest BCUT2D eigenvalue weighted by atomic mass is 19.4. The number of fused-ring (bicyclic) bond motifs is 1. The molecule has 1 aromatic heterocycles. The lowest BCUT2D eigenvalue weighted by molar-refractivity contribution is -0.177. The standard InChI is InChI=1S/C11H12F3N3O/c12-11(13,14)6-18-5-10-16-8-2-1-7(4-15)3-9(8)17-10/h1-3H,4-6,15H2,(H,16,17). The number of imidazole rings is 1. The molecule has 98 valence electrons. The first-order valence-electron chi connectivity index (χ1n) is 5.30. The Morgan fingerprint density at radius 1 is 1.33 bits per heavy atom. The van der Waals surface area contributed by atoms with Gasteiger partial charge in [0.25, 0.3) is 0 Å². The van der Waals surface area contributed by atoms with E-state index in [0.717, 1.165) is 11.1 Å². The first-order chi connectivity index (χ1) is 8.48. The summed E-state index contributed by atoms with van der Waals surface area (Å²) in [4.78, 5) is 7.02. The van der Waals surface area contributed by atoms with Crippen LogP contribution in [0.3, 0.4) is 0 Å². The number of hydrogen-bond acceptors (Lipinski definition) is 3. The minimum absolute atomic E-state index is 0.202. The third-order valence-corrected chi connectivity index (χ3v) is 2.34. The predicted molar refractivity (Wildman–Crippen MR) is 59.7 cm³/mol. The minimum atomic E-state index is -4.32. The Bertz CT molecular complexity index is 536. The van der Waals surface area contributed by atoms with Crippen LogP contribution < -0.4 is 5.73 Å². The highest BCUT2D eigenvalue weighted by molar-refractivity contribution is 5.75. The number of benzene rings is 1. The summed E-state index contributed by atoms with van der Waals surface area (Å²) in [5.41, 5.74) is 7.83. The summed E-state index contributed by atoms with van der Waals surface area (Å²) in [7, 11) is 0. The van der Waals surface area contributed by atoms with E-state index in [2.05, 4.69) is 14.7 Å². The molecule has 0 saturated heterocycles. The van der Waals surface area contributed by atoms with Gasteiger partial charge in [-0.05, 0) is 17.7 Å². The number of hydrogen-bond donors (Lipinski definition) is 2. The Morgan fingerprint density at radius 3 is 2.78 bits per heavy atom. The van der Waals surface area contributed by atoms with Crippen molar-refractivity contribution in [2.24, 2.45) is 5.73 Å². The lowest BCUT2D eigenvalue weighted by atomic mass is 10.2. The molecule has 0 fully saturated rings. The summed E-state index contributed by atoms with van der Waals surface area (Å²) in [6.07, 6.45) is -4.32. The maximum Gasteiger partial charge on any atom is 0.411 e. The summed E-state index contributed by atoms with van der Waals surface area (Å²) < 4.78 is 40.2. The summed E-state index contributed by atoms with van der Waals surface area (Å²) in [6.45, 7) is -1.08. The Morgan fingerprint density at radius 2 is 2.11 bits per heavy atom. The van der Waals surface area contributed by atoms with Crippen molar-refractivity contribution in [3.05, 3.63) is 29.6 Å². The zero-order chi connectivity index (χ0) is 13.2. The molecular weight excluding hydrogens is 247 g/mol. The zero-order valence-corrected chi connectivity index (χ0v) is 9.42. The third kappa shape index (κ3) is 3.21. The molecule has 0 aliphatic heterocycles. The van der Waals surface area contributed by atoms with Gasteiger partial charge in [-0.1, -0.05) is 6.07 Å². The van der Waals surface area contributed by atoms with Gasteiger partial charge in [0, 0.05) is 6.54 Å². The van der Waals surface area contributed by atoms with Crippen molar-refractivity contribution in [2.45, 2.75) is 19.3 Å². The van der Waals surface area contributed by atoms with Gasteiger partial charge < -0.3 is 15.5 Å². The van der Waals surface area contributed by atoms with Crippen LogP contribution in [0.2, 0.25) is 0 Å². The number of nitrogens with one attached hydrogen (secondary N) is 1. The van der Waals surface area contributed by atoms with Crippen molar-refractivity contribution in [2.75, 3.05) is 6.61 Å². The second-order valence-electron chi connectivity index (χ2n) is 3.85. The van der Waals surface area contributed by atoms with E-state index in [9.17, 15) is 13.2 Å². The van der Waals surface area contributed by atoms with Crippen molar-refractivity contribution >= 4 is 11.0 Å². The smallest absolute Gasteiger partial charge is 0.364 e. The van der Waals surface area contributed by atoms with Crippen LogP contribution in [0.4, 0.5) is 13.2 Å². The number of nitrogens with zero attached hydrogens (tertiary/aromatic N) is 1. The first-order valence-corrected chi connectivity index (χ1v) is 5.30. The molecule has 18 heavy (non-hydrogen) atoms. The molecular formula is C11H12F3N3O. The summed E-state index contributed by atoms with van der Waals surface area (Å²) in [6, 6.07) is 5.40. The van der Waals surface area contributed by atoms with Crippen molar-refractivity contribution < 1.29 is 17.9 Å². The van der Waals surface area contributed by atoms with Gasteiger partial charge in [0.05, 0.1) is 11.0 Å². The summed E-state index contributed by atoms with van der Waals surface area (Å²) >= 11 is 0. The Labute approximate surface area is 101 Å². The molecule has 0 aliphatic carbocycles. The molecule has 3 N–H and O–H groups in total. The maximum absolute atomic E-state index is 11.9. The molecule has 1 aromatic carbocycles. The molecule has 0 atom stereocenters. The van der Waals surface area contributed by atoms with Crippen molar-refractivity contribution in [3.8, 4) is 0 Å². The van der Waals surface area contributed by atoms with Gasteiger partial charge in [0.15, 0.2) is 0 Å². The molecule has 7 heteroatoms. The molecule has 0 amide bonds. The van der Waals surface area contributed by atoms with Gasteiger partial charge in [0.2, 0.25) is 0 Å². The van der Waals surface area contributed by atoms with Crippen LogP contribution in [0.1, 0.15) is 11.4 Å². The molecule has 0 aliphatic rings. The van der Waals surface area contributed by atoms with Gasteiger partial charge >= 0.3 is 6.18 Å². The molecule has 4 nitrogen and oxygen atoms in total. The average molecular weight is 259 g/mol. The molecule has 1 heterocycles. The highest BCUT2D eigenvalue weighted by Crippen LogP contribution is 2.17. The molecule has 0 saturated carbocycles. The Hall–Kier alpha value is -1.60. The summed E-state index contributed by atoms with van der Waals surface area (Å²) in [5.74, 6) is 0.364. The van der Waals surface area contributed by atoms with Crippen LogP contribution in [-0.4, -0.2) is 22.8 Å². The number of aromatic amines is 1. The number of H-pyrrole nitrogens is 1. The summed E-state index contributed by atoms with van der Waals surface area (Å²) in [5, 5.41) is 0. The number of ether oxygens (including phenoxy) is 1. The van der Waals surface area contributed by atoms with Crippen LogP contribution in [0.25, 0.3) is 11.0 Å². The van der Waals surface area contributed by atoms with Gasteiger partial charge in [-0.3, -0.25) is 0 Å². The van der Waals surface area contributed by atoms with E-state index in [1.54, 1.807) is 6.07 Å². The third-order valence-electron chi connectivity index (χ3n) is 2.34. The normalized spacial score (nSPS) is 12.2. The largest absolute Gasteiger partial charge is 0.411 e. The van der Waals surface area contributed by atoms with E-state index < -0.39 is 12.8 Å². The monoisotopic (exact) mass is 259 g/mol. The Balaban J connectivity index is 2.06. The van der Waals surface area contributed by atoms with E-state index in [-0.39, 0.29) is 6.61 Å². The average Bonchev–Trinajstić information content (AvgIpc) is 2.68. The fraction of sp³-hybridized carbons (Fsp3) is 0.364. The quantitative estimate of drug-likeness (QED) is 0.883. The fourth-order valence-corrected chi connectivity index (χ4v) is 1.57. The maximum atomic E-state index is 11.9. The second kappa shape index (κ2) is 4.95. The second-order valence-corrected chi connectivity index (χ2v) is 3.85. The predicted octanol–water partition coefficient (Wildman–Crippen LogP) is 2.10. The van der Waals surface area contributed by atoms with Crippen molar-refractivity contribution in [1.82, 2.24) is 9.97 Å². The van der Waals surface area contributed by atoms with E-state index in [0.29, 0.717) is 17.9 Å². The molecule has 0 radical (unpaired) electrons. The molecule has 0 bridgehead atoms. The van der Waals surface area contributed by atoms with Crippen molar-refractivity contribution in [1.29, 1.82) is 0 Å². The van der Waals surface area contributed by atoms with E-state index in [1.807, 2.05) is 12.1 Å². The highest BCUT2D eigenvalue weighted by Gasteiger charge is 2.27. The van der Waals surface area contributed by atoms with Crippen LogP contribution in [0, 0.1) is 0 Å². The van der Waals surface area contributed by atoms with E-state index in [4.69, 9.17) is 5.73 Å². The lowest BCUT2D eigenvalue weighted by Gasteiger charge is -2.05. The van der Waals surface area contributed by atoms with Gasteiger partial charge in [-0.25, -0.2) is 4.98 Å². The van der Waals surface area contributed by atoms with Gasteiger partial charge in [-0.2, -0.15) is 13.2 Å². The number of alkyl halides is 3. The van der Waals surface area contributed by atoms with Gasteiger partial charge in [0.1, 0.15) is 19.0 Å². The zero-order valence-electron chi connectivity index (χ0n) is 9.42. The van der Waals surface area contributed by atoms with Crippen LogP contribution >= 0.6 is 0 Å². The number of nitrogens with two attached hydrogens (primary N) is 1. The molecule has 0 unspecified atom stereocenters. The fourth-order valence-electron chi connectivity index (χ4n) is 1.57. The van der Waals surface area contributed by atoms with Crippen LogP contribution in [0.5, 0.6) is 0 Å². The molecule has 2 rings (SSSR count). The minimum Gasteiger partial charge on any atom is -0.364 e. The van der Waals surface area contributed by atoms with Crippen molar-refractivity contribution in [3.63, 3.8) is 0 Å². The van der Waals surface area contributed by atoms with Gasteiger partial charge in [-0.15, -0.1) is 0 Å². The lowest BCUT2D eigenvalue weighted by Crippen LogP contribution is -2.16. The van der Waals surface area contributed by atoms with Crippen LogP contribution in [0.15, 0.2) is 18.2 Å². The number of halogens is 3. The van der Waals surface area contributed by atoms with Crippen LogP contribution in [-0.2, 0) is 17.9 Å². The SMILES string of the molecule is NCc1ccc2nc(COCC(F)(F)F)[nH]c2c1. The van der Waals surface area contributed by atoms with E-state index in [1.165, 1.54) is 0 Å². The number of aromatic nitrogens is 2.